The molecule has 0 amide bonds. The van der Waals surface area contributed by atoms with Gasteiger partial charge in [-0.1, -0.05) is 17.7 Å². The summed E-state index contributed by atoms with van der Waals surface area (Å²) in [7, 11) is 0. The average molecular weight is 264 g/mol. The second-order valence-corrected chi connectivity index (χ2v) is 4.12. The molecule has 0 N–H and O–H groups in total. The van der Waals surface area contributed by atoms with Crippen LogP contribution in [0.3, 0.4) is 0 Å². The first-order valence-electron chi connectivity index (χ1n) is 4.08. The van der Waals surface area contributed by atoms with Gasteiger partial charge in [0, 0.05) is 22.9 Å². The second kappa shape index (κ2) is 4.00. The van der Waals surface area contributed by atoms with Crippen LogP contribution in [0.1, 0.15) is 21.5 Å². The minimum absolute atomic E-state index is 0.256. The number of fused-ring (bicyclic) bond motifs is 1. The van der Waals surface area contributed by atoms with Gasteiger partial charge in [0.25, 0.3) is 5.24 Å². The van der Waals surface area contributed by atoms with Crippen molar-refractivity contribution in [2.75, 3.05) is 0 Å². The number of carbonyl (C=O) groups excluding carboxylic acids is 1. The zero-order chi connectivity index (χ0) is 11.0. The van der Waals surface area contributed by atoms with Gasteiger partial charge in [-0.05, 0) is 29.3 Å². The predicted octanol–water partition coefficient (Wildman–Crippen LogP) is 2.94. The van der Waals surface area contributed by atoms with Gasteiger partial charge >= 0.3 is 0 Å². The lowest BCUT2D eigenvalue weighted by molar-refractivity contribution is 0.108. The third-order valence-corrected chi connectivity index (χ3v) is 2.75. The van der Waals surface area contributed by atoms with Crippen LogP contribution in [0.15, 0.2) is 23.3 Å². The molecule has 0 saturated heterocycles. The summed E-state index contributed by atoms with van der Waals surface area (Å²) >= 11 is 17.0. The third kappa shape index (κ3) is 2.09. The molecule has 2 rings (SSSR count). The Balaban J connectivity index is 2.52. The Hall–Kier alpha value is -0.770. The van der Waals surface area contributed by atoms with Crippen molar-refractivity contribution in [3.05, 3.63) is 34.9 Å². The summed E-state index contributed by atoms with van der Waals surface area (Å²) in [5.74, 6) is 0. The highest BCUT2D eigenvalue weighted by molar-refractivity contribution is 6.70. The monoisotopic (exact) mass is 262 g/mol. The molecule has 0 aliphatic carbocycles. The van der Waals surface area contributed by atoms with Crippen LogP contribution >= 0.6 is 35.0 Å². The largest absolute Gasteiger partial charge is 0.276 e. The fraction of sp³-hybridized carbons (Fsp3) is 0.111. The maximum absolute atomic E-state index is 10.9. The van der Waals surface area contributed by atoms with E-state index >= 15 is 0 Å². The van der Waals surface area contributed by atoms with E-state index in [0.717, 1.165) is 5.56 Å². The van der Waals surface area contributed by atoms with Crippen molar-refractivity contribution in [2.24, 2.45) is 5.10 Å². The van der Waals surface area contributed by atoms with Gasteiger partial charge in [0.15, 0.2) is 5.17 Å². The van der Waals surface area contributed by atoms with Crippen LogP contribution in [0.5, 0.6) is 0 Å². The highest BCUT2D eigenvalue weighted by Gasteiger charge is 2.18. The summed E-state index contributed by atoms with van der Waals surface area (Å²) in [6.45, 7) is 0.448. The first-order chi connectivity index (χ1) is 7.08. The maximum atomic E-state index is 10.9. The van der Waals surface area contributed by atoms with Gasteiger partial charge in [-0.25, -0.2) is 0 Å². The molecular weight excluding hydrogens is 258 g/mol. The van der Waals surface area contributed by atoms with Crippen LogP contribution < -0.4 is 0 Å². The Morgan fingerprint density at radius 2 is 2.20 bits per heavy atom. The molecule has 1 aliphatic heterocycles. The van der Waals surface area contributed by atoms with Crippen molar-refractivity contribution < 1.29 is 4.79 Å². The van der Waals surface area contributed by atoms with E-state index in [-0.39, 0.29) is 5.17 Å². The molecule has 3 nitrogen and oxygen atoms in total. The fourth-order valence-electron chi connectivity index (χ4n) is 1.35. The number of halogens is 3. The smallest absolute Gasteiger partial charge is 0.252 e. The standard InChI is InChI=1S/C9H5Cl3N2O/c10-8-7-3-5(9(11)15)1-2-6(7)4-14(12)13-8/h1-3H,4H2. The van der Waals surface area contributed by atoms with Crippen LogP contribution in [-0.2, 0) is 6.54 Å². The van der Waals surface area contributed by atoms with Gasteiger partial charge in [-0.3, -0.25) is 4.79 Å². The number of rotatable bonds is 1. The van der Waals surface area contributed by atoms with E-state index in [4.69, 9.17) is 35.0 Å². The normalized spacial score (nSPS) is 14.6. The summed E-state index contributed by atoms with van der Waals surface area (Å²) < 4.78 is 1.22. The molecule has 1 aromatic carbocycles. The quantitative estimate of drug-likeness (QED) is 0.576. The van der Waals surface area contributed by atoms with E-state index in [2.05, 4.69) is 5.10 Å². The summed E-state index contributed by atoms with van der Waals surface area (Å²) in [5.41, 5.74) is 2.00. The summed E-state index contributed by atoms with van der Waals surface area (Å²) in [5, 5.41) is 3.59. The Bertz CT molecular complexity index is 459. The van der Waals surface area contributed by atoms with Crippen molar-refractivity contribution >= 4 is 45.4 Å². The topological polar surface area (TPSA) is 32.7 Å². The van der Waals surface area contributed by atoms with Crippen LogP contribution in [0.2, 0.25) is 0 Å². The number of carbonyl (C=O) groups is 1. The van der Waals surface area contributed by atoms with Crippen molar-refractivity contribution in [3.63, 3.8) is 0 Å². The third-order valence-electron chi connectivity index (χ3n) is 2.06. The zero-order valence-electron chi connectivity index (χ0n) is 7.38. The van der Waals surface area contributed by atoms with E-state index in [9.17, 15) is 4.79 Å². The molecule has 15 heavy (non-hydrogen) atoms. The molecule has 0 saturated carbocycles. The first-order valence-corrected chi connectivity index (χ1v) is 5.18. The Kier molecular flexibility index (Phi) is 2.87. The molecule has 0 fully saturated rings. The maximum Gasteiger partial charge on any atom is 0.252 e. The number of benzene rings is 1. The number of hydrogen-bond donors (Lipinski definition) is 0. The highest BCUT2D eigenvalue weighted by atomic mass is 35.5. The molecule has 0 bridgehead atoms. The summed E-state index contributed by atoms with van der Waals surface area (Å²) in [6, 6.07) is 5.01. The molecule has 0 atom stereocenters. The molecule has 1 aliphatic rings. The molecule has 0 spiro atoms. The minimum Gasteiger partial charge on any atom is -0.276 e. The molecule has 6 heteroatoms. The van der Waals surface area contributed by atoms with Gasteiger partial charge in [-0.2, -0.15) is 4.53 Å². The predicted molar refractivity (Wildman–Crippen MR) is 60.4 cm³/mol. The van der Waals surface area contributed by atoms with Crippen molar-refractivity contribution in [2.45, 2.75) is 6.54 Å². The van der Waals surface area contributed by atoms with E-state index in [1.54, 1.807) is 18.2 Å². The fourth-order valence-corrected chi connectivity index (χ4v) is 1.98. The minimum atomic E-state index is -0.518. The number of hydrogen-bond acceptors (Lipinski definition) is 3. The van der Waals surface area contributed by atoms with Crippen LogP contribution in [0.25, 0.3) is 0 Å². The summed E-state index contributed by atoms with van der Waals surface area (Å²) in [4.78, 5) is 10.9. The molecule has 0 radical (unpaired) electrons. The van der Waals surface area contributed by atoms with E-state index in [0.29, 0.717) is 17.7 Å². The van der Waals surface area contributed by atoms with E-state index in [1.165, 1.54) is 4.53 Å². The van der Waals surface area contributed by atoms with Gasteiger partial charge in [-0.15, -0.1) is 5.10 Å². The molecule has 1 heterocycles. The highest BCUT2D eigenvalue weighted by Crippen LogP contribution is 2.23. The Morgan fingerprint density at radius 3 is 2.87 bits per heavy atom. The van der Waals surface area contributed by atoms with Crippen LogP contribution in [0.4, 0.5) is 0 Å². The zero-order valence-corrected chi connectivity index (χ0v) is 9.64. The van der Waals surface area contributed by atoms with Crippen molar-refractivity contribution in [1.82, 2.24) is 4.53 Å². The SMILES string of the molecule is O=C(Cl)c1ccc2c(c1)C(Cl)=NN(Cl)C2. The number of hydrazone groups is 1. The van der Waals surface area contributed by atoms with Crippen LogP contribution in [0, 0.1) is 0 Å². The second-order valence-electron chi connectivity index (χ2n) is 3.03. The Morgan fingerprint density at radius 1 is 1.47 bits per heavy atom. The first kappa shape index (κ1) is 10.7. The lowest BCUT2D eigenvalue weighted by Gasteiger charge is -2.19. The molecule has 1 aromatic rings. The van der Waals surface area contributed by atoms with Crippen LogP contribution in [-0.4, -0.2) is 14.9 Å². The van der Waals surface area contributed by atoms with E-state index in [1.807, 2.05) is 0 Å². The van der Waals surface area contributed by atoms with Gasteiger partial charge in [0.1, 0.15) is 0 Å². The molecule has 78 valence electrons. The van der Waals surface area contributed by atoms with Gasteiger partial charge in [0.2, 0.25) is 0 Å². The van der Waals surface area contributed by atoms with Gasteiger partial charge < -0.3 is 0 Å². The van der Waals surface area contributed by atoms with Gasteiger partial charge in [0.05, 0.1) is 6.54 Å². The molecule has 0 aromatic heterocycles. The van der Waals surface area contributed by atoms with Crippen molar-refractivity contribution in [3.8, 4) is 0 Å². The average Bonchev–Trinajstić information content (AvgIpc) is 2.16. The number of nitrogens with zero attached hydrogens (tertiary/aromatic N) is 2. The van der Waals surface area contributed by atoms with E-state index < -0.39 is 5.24 Å². The molecular formula is C9H5Cl3N2O. The lowest BCUT2D eigenvalue weighted by atomic mass is 10.0. The molecule has 0 unspecified atom stereocenters. The summed E-state index contributed by atoms with van der Waals surface area (Å²) in [6.07, 6.45) is 0. The lowest BCUT2D eigenvalue weighted by Crippen LogP contribution is -2.16. The van der Waals surface area contributed by atoms with Crippen molar-refractivity contribution in [1.29, 1.82) is 0 Å². The Labute approximate surface area is 101 Å².